The number of ketones is 1. The lowest BCUT2D eigenvalue weighted by molar-refractivity contribution is -0.114. The predicted molar refractivity (Wildman–Crippen MR) is 181 cm³/mol. The van der Waals surface area contributed by atoms with Gasteiger partial charge in [-0.05, 0) is 88.6 Å². The zero-order chi connectivity index (χ0) is 31.9. The van der Waals surface area contributed by atoms with Crippen molar-refractivity contribution in [3.05, 3.63) is 64.6 Å². The monoisotopic (exact) mass is 658 g/mol. The number of hydrogen-bond donors (Lipinski definition) is 1. The average molecular weight is 659 g/mol. The first-order chi connectivity index (χ1) is 22.2. The number of anilines is 1. The fraction of sp³-hybridized carbons (Fsp3) is 0.457. The van der Waals surface area contributed by atoms with Gasteiger partial charge in [-0.2, -0.15) is 5.10 Å². The zero-order valence-electron chi connectivity index (χ0n) is 26.5. The third-order valence-electron chi connectivity index (χ3n) is 9.48. The highest BCUT2D eigenvalue weighted by Gasteiger charge is 2.33. The Morgan fingerprint density at radius 2 is 1.87 bits per heavy atom. The Kier molecular flexibility index (Phi) is 8.80. The number of nitrogens with one attached hydrogen (secondary N) is 1. The first-order valence-corrected chi connectivity index (χ1v) is 17.5. The molecule has 46 heavy (non-hydrogen) atoms. The summed E-state index contributed by atoms with van der Waals surface area (Å²) in [6.07, 6.45) is 10.5. The van der Waals surface area contributed by atoms with Crippen molar-refractivity contribution in [1.29, 1.82) is 0 Å². The van der Waals surface area contributed by atoms with Crippen LogP contribution in [0.3, 0.4) is 0 Å². The highest BCUT2D eigenvalue weighted by molar-refractivity contribution is 7.19. The van der Waals surface area contributed by atoms with Gasteiger partial charge < -0.3 is 10.1 Å². The standard InChI is InChI=1S/C35H39ClN6O3S/c1-20-18-41(19-21(2)45-20)26-9-6-23(7-10-26)15-31(44)24-8-13-30(28(36)16-24)42-33-27(32(40-42)25-5-4-14-37-17-25)11-12-29-34(33)46-35(39-29)38-22(3)43/h4-5,8,13-14,16-17,20-21,23,26H,6-7,9-12,15,18-19H2,1-3H3,(H,38,39,43)/t20-,21+,23?,26?. The third kappa shape index (κ3) is 6.28. The van der Waals surface area contributed by atoms with Crippen molar-refractivity contribution >= 4 is 39.8 Å². The lowest BCUT2D eigenvalue weighted by Crippen LogP contribution is -2.50. The number of pyridine rings is 1. The minimum absolute atomic E-state index is 0.133. The van der Waals surface area contributed by atoms with Gasteiger partial charge in [-0.25, -0.2) is 9.67 Å². The number of nitrogens with zero attached hydrogens (tertiary/aromatic N) is 5. The summed E-state index contributed by atoms with van der Waals surface area (Å²) < 4.78 is 7.80. The summed E-state index contributed by atoms with van der Waals surface area (Å²) >= 11 is 8.41. The van der Waals surface area contributed by atoms with E-state index < -0.39 is 0 Å². The van der Waals surface area contributed by atoms with Crippen molar-refractivity contribution in [3.8, 4) is 27.5 Å². The number of aryl methyl sites for hydroxylation is 1. The summed E-state index contributed by atoms with van der Waals surface area (Å²) in [5, 5.41) is 8.94. The molecule has 0 radical (unpaired) electrons. The Balaban J connectivity index is 1.12. The molecule has 11 heteroatoms. The number of carbonyl (C=O) groups is 2. The summed E-state index contributed by atoms with van der Waals surface area (Å²) in [6.45, 7) is 7.78. The van der Waals surface area contributed by atoms with E-state index in [4.69, 9.17) is 26.4 Å². The number of amides is 1. The highest BCUT2D eigenvalue weighted by atomic mass is 35.5. The van der Waals surface area contributed by atoms with Crippen LogP contribution in [0.15, 0.2) is 42.7 Å². The smallest absolute Gasteiger partial charge is 0.223 e. The minimum atomic E-state index is -0.159. The molecule has 3 aliphatic rings. The topological polar surface area (TPSA) is 102 Å². The molecule has 4 heterocycles. The number of fused-ring (bicyclic) bond motifs is 3. The number of morpholine rings is 1. The second kappa shape index (κ2) is 13.0. The van der Waals surface area contributed by atoms with E-state index in [-0.39, 0.29) is 23.9 Å². The summed E-state index contributed by atoms with van der Waals surface area (Å²) in [6, 6.07) is 10.1. The normalized spacial score (nSPS) is 23.0. The van der Waals surface area contributed by atoms with Crippen LogP contribution in [0.5, 0.6) is 0 Å². The molecule has 1 amide bonds. The molecule has 1 aliphatic heterocycles. The fourth-order valence-corrected chi connectivity index (χ4v) is 8.82. The van der Waals surface area contributed by atoms with Crippen LogP contribution in [0.4, 0.5) is 5.13 Å². The van der Waals surface area contributed by atoms with Crippen molar-refractivity contribution in [3.63, 3.8) is 0 Å². The van der Waals surface area contributed by atoms with E-state index in [0.717, 1.165) is 84.7 Å². The Hall–Kier alpha value is -3.44. The van der Waals surface area contributed by atoms with Gasteiger partial charge in [0.2, 0.25) is 5.91 Å². The minimum Gasteiger partial charge on any atom is -0.373 e. The average Bonchev–Trinajstić information content (AvgIpc) is 3.62. The Bertz CT molecular complexity index is 1750. The number of ether oxygens (including phenoxy) is 1. The van der Waals surface area contributed by atoms with Crippen LogP contribution >= 0.6 is 22.9 Å². The molecule has 1 N–H and O–H groups in total. The number of benzene rings is 1. The molecule has 240 valence electrons. The number of Topliss-reactive ketones (excluding diaryl/α,β-unsaturated/α-hetero) is 1. The number of hydrogen-bond acceptors (Lipinski definition) is 8. The second-order valence-corrected chi connectivity index (χ2v) is 14.4. The van der Waals surface area contributed by atoms with Gasteiger partial charge in [0.25, 0.3) is 0 Å². The van der Waals surface area contributed by atoms with E-state index in [9.17, 15) is 9.59 Å². The molecule has 4 aromatic rings. The SMILES string of the molecule is CC(=O)Nc1nc2c(s1)-c1c(c(-c3cccnc3)nn1-c1ccc(C(=O)CC3CCC(N4C[C@@H](C)O[C@@H](C)C4)CC3)cc1Cl)CC2. The van der Waals surface area contributed by atoms with Gasteiger partial charge in [0.15, 0.2) is 10.9 Å². The summed E-state index contributed by atoms with van der Waals surface area (Å²) in [7, 11) is 0. The van der Waals surface area contributed by atoms with Crippen LogP contribution in [-0.2, 0) is 22.4 Å². The van der Waals surface area contributed by atoms with Crippen LogP contribution in [0.2, 0.25) is 5.02 Å². The summed E-state index contributed by atoms with van der Waals surface area (Å²) in [5.74, 6) is 0.364. The van der Waals surface area contributed by atoms with Crippen LogP contribution in [0, 0.1) is 5.92 Å². The van der Waals surface area contributed by atoms with Crippen LogP contribution < -0.4 is 5.32 Å². The maximum Gasteiger partial charge on any atom is 0.223 e. The van der Waals surface area contributed by atoms with E-state index in [1.54, 1.807) is 12.3 Å². The number of rotatable bonds is 7. The zero-order valence-corrected chi connectivity index (χ0v) is 28.0. The van der Waals surface area contributed by atoms with Crippen LogP contribution in [0.25, 0.3) is 27.5 Å². The van der Waals surface area contributed by atoms with Crippen LogP contribution in [-0.4, -0.2) is 67.7 Å². The molecule has 1 aromatic carbocycles. The van der Waals surface area contributed by atoms with Gasteiger partial charge in [0.05, 0.1) is 44.9 Å². The first kappa shape index (κ1) is 31.2. The Morgan fingerprint density at radius 1 is 1.09 bits per heavy atom. The molecule has 9 nitrogen and oxygen atoms in total. The predicted octanol–water partition coefficient (Wildman–Crippen LogP) is 7.01. The number of aromatic nitrogens is 4. The molecule has 0 unspecified atom stereocenters. The molecule has 2 aliphatic carbocycles. The first-order valence-electron chi connectivity index (χ1n) is 16.3. The second-order valence-electron chi connectivity index (χ2n) is 13.0. The largest absolute Gasteiger partial charge is 0.373 e. The number of thiazole rings is 1. The number of halogens is 1. The van der Waals surface area contributed by atoms with E-state index in [0.29, 0.717) is 39.8 Å². The highest BCUT2D eigenvalue weighted by Crippen LogP contribution is 2.45. The lowest BCUT2D eigenvalue weighted by Gasteiger charge is -2.42. The van der Waals surface area contributed by atoms with E-state index in [1.807, 2.05) is 35.1 Å². The van der Waals surface area contributed by atoms with Crippen molar-refractivity contribution < 1.29 is 14.3 Å². The lowest BCUT2D eigenvalue weighted by atomic mass is 9.81. The number of carbonyl (C=O) groups excluding carboxylic acids is 2. The van der Waals surface area contributed by atoms with Gasteiger partial charge in [0.1, 0.15) is 0 Å². The van der Waals surface area contributed by atoms with E-state index in [1.165, 1.54) is 18.3 Å². The Labute approximate surface area is 278 Å². The molecule has 1 saturated carbocycles. The quantitative estimate of drug-likeness (QED) is 0.213. The van der Waals surface area contributed by atoms with Gasteiger partial charge in [-0.3, -0.25) is 19.5 Å². The molecule has 7 rings (SSSR count). The summed E-state index contributed by atoms with van der Waals surface area (Å²) in [4.78, 5) is 37.9. The molecule has 2 fully saturated rings. The van der Waals surface area contributed by atoms with Gasteiger partial charge in [-0.1, -0.05) is 22.9 Å². The molecule has 0 spiro atoms. The Morgan fingerprint density at radius 3 is 2.57 bits per heavy atom. The van der Waals surface area contributed by atoms with Crippen molar-refractivity contribution in [2.75, 3.05) is 18.4 Å². The van der Waals surface area contributed by atoms with Crippen molar-refractivity contribution in [2.45, 2.75) is 84.0 Å². The molecular formula is C35H39ClN6O3S. The molecule has 0 bridgehead atoms. The van der Waals surface area contributed by atoms with Gasteiger partial charge >= 0.3 is 0 Å². The van der Waals surface area contributed by atoms with E-state index in [2.05, 4.69) is 29.0 Å². The fourth-order valence-electron chi connectivity index (χ4n) is 7.45. The third-order valence-corrected chi connectivity index (χ3v) is 10.8. The molecule has 3 aromatic heterocycles. The molecular weight excluding hydrogens is 620 g/mol. The molecule has 2 atom stereocenters. The van der Waals surface area contributed by atoms with Crippen molar-refractivity contribution in [1.82, 2.24) is 24.6 Å². The van der Waals surface area contributed by atoms with E-state index >= 15 is 0 Å². The van der Waals surface area contributed by atoms with Crippen molar-refractivity contribution in [2.24, 2.45) is 5.92 Å². The molecule has 1 saturated heterocycles. The van der Waals surface area contributed by atoms with Crippen LogP contribution in [0.1, 0.15) is 74.5 Å². The maximum atomic E-state index is 13.5. The maximum absolute atomic E-state index is 13.5. The van der Waals surface area contributed by atoms with Gasteiger partial charge in [0, 0.05) is 61.6 Å². The summed E-state index contributed by atoms with van der Waals surface area (Å²) in [5.41, 5.74) is 6.02. The van der Waals surface area contributed by atoms with Gasteiger partial charge in [-0.15, -0.1) is 0 Å².